The Hall–Kier alpha value is -1.35. The van der Waals surface area contributed by atoms with Crippen LogP contribution in [0.25, 0.3) is 0 Å². The highest BCUT2D eigenvalue weighted by molar-refractivity contribution is 5.03. The normalized spacial score (nSPS) is 17.3. The van der Waals surface area contributed by atoms with Crippen molar-refractivity contribution in [2.75, 3.05) is 6.61 Å². The van der Waals surface area contributed by atoms with E-state index >= 15 is 0 Å². The SMILES string of the molecule is O=c1[nH]c(C(O)C(O)C(O)CO)cn1O. The van der Waals surface area contributed by atoms with Crippen molar-refractivity contribution in [3.63, 3.8) is 0 Å². The van der Waals surface area contributed by atoms with Gasteiger partial charge in [-0.3, -0.25) is 0 Å². The van der Waals surface area contributed by atoms with Crippen LogP contribution in [0, 0.1) is 0 Å². The third-order valence-electron chi connectivity index (χ3n) is 1.94. The molecule has 0 aliphatic heterocycles. The number of imidazole rings is 1. The Morgan fingerprint density at radius 1 is 1.40 bits per heavy atom. The molecule has 1 aromatic heterocycles. The van der Waals surface area contributed by atoms with Crippen LogP contribution in [0.3, 0.4) is 0 Å². The third kappa shape index (κ3) is 2.36. The van der Waals surface area contributed by atoms with Crippen molar-refractivity contribution in [1.82, 2.24) is 9.71 Å². The predicted molar refractivity (Wildman–Crippen MR) is 46.3 cm³/mol. The van der Waals surface area contributed by atoms with Crippen LogP contribution in [0.15, 0.2) is 11.0 Å². The molecule has 15 heavy (non-hydrogen) atoms. The Bertz CT molecular complexity index is 372. The Morgan fingerprint density at radius 3 is 2.40 bits per heavy atom. The number of nitrogens with one attached hydrogen (secondary N) is 1. The lowest BCUT2D eigenvalue weighted by Gasteiger charge is -2.19. The van der Waals surface area contributed by atoms with Gasteiger partial charge in [-0.05, 0) is 0 Å². The molecule has 0 aromatic carbocycles. The number of H-pyrrole nitrogens is 1. The molecule has 86 valence electrons. The number of aromatic nitrogens is 2. The molecule has 0 bridgehead atoms. The average Bonchev–Trinajstić information content (AvgIpc) is 2.56. The smallest absolute Gasteiger partial charge is 0.358 e. The van der Waals surface area contributed by atoms with E-state index in [9.17, 15) is 15.0 Å². The summed E-state index contributed by atoms with van der Waals surface area (Å²) < 4.78 is 0.191. The molecule has 0 saturated carbocycles. The summed E-state index contributed by atoms with van der Waals surface area (Å²) in [5, 5.41) is 45.0. The fourth-order valence-corrected chi connectivity index (χ4v) is 1.06. The molecule has 3 atom stereocenters. The van der Waals surface area contributed by atoms with Crippen LogP contribution in [0.5, 0.6) is 0 Å². The fraction of sp³-hybridized carbons (Fsp3) is 0.571. The first-order chi connectivity index (χ1) is 6.97. The van der Waals surface area contributed by atoms with Gasteiger partial charge in [0.2, 0.25) is 0 Å². The summed E-state index contributed by atoms with van der Waals surface area (Å²) in [6.07, 6.45) is -3.94. The van der Waals surface area contributed by atoms with Crippen molar-refractivity contribution in [3.05, 3.63) is 22.4 Å². The lowest BCUT2D eigenvalue weighted by molar-refractivity contribution is -0.0789. The molecule has 8 nitrogen and oxygen atoms in total. The van der Waals surface area contributed by atoms with Gasteiger partial charge < -0.3 is 30.6 Å². The lowest BCUT2D eigenvalue weighted by Crippen LogP contribution is -2.35. The quantitative estimate of drug-likeness (QED) is 0.302. The highest BCUT2D eigenvalue weighted by Gasteiger charge is 2.27. The molecule has 0 amide bonds. The molecule has 0 fully saturated rings. The molecule has 0 aliphatic rings. The molecule has 3 unspecified atom stereocenters. The minimum Gasteiger partial charge on any atom is -0.424 e. The largest absolute Gasteiger partial charge is 0.424 e. The first kappa shape index (κ1) is 11.7. The Kier molecular flexibility index (Phi) is 3.48. The second-order valence-corrected chi connectivity index (χ2v) is 3.04. The van der Waals surface area contributed by atoms with Crippen LogP contribution in [0.2, 0.25) is 0 Å². The Balaban J connectivity index is 2.84. The monoisotopic (exact) mass is 220 g/mol. The zero-order chi connectivity index (χ0) is 11.6. The summed E-state index contributed by atoms with van der Waals surface area (Å²) in [5.74, 6) is 0. The summed E-state index contributed by atoms with van der Waals surface area (Å²) in [7, 11) is 0. The van der Waals surface area contributed by atoms with Gasteiger partial charge in [-0.15, -0.1) is 4.73 Å². The van der Waals surface area contributed by atoms with Crippen molar-refractivity contribution in [3.8, 4) is 0 Å². The van der Waals surface area contributed by atoms with Crippen molar-refractivity contribution in [2.45, 2.75) is 18.3 Å². The number of aliphatic hydroxyl groups excluding tert-OH is 4. The van der Waals surface area contributed by atoms with Gasteiger partial charge in [0.05, 0.1) is 18.5 Å². The van der Waals surface area contributed by atoms with Crippen LogP contribution >= 0.6 is 0 Å². The summed E-state index contributed by atoms with van der Waals surface area (Å²) >= 11 is 0. The van der Waals surface area contributed by atoms with Crippen molar-refractivity contribution in [2.24, 2.45) is 0 Å². The van der Waals surface area contributed by atoms with E-state index in [2.05, 4.69) is 4.98 Å². The van der Waals surface area contributed by atoms with E-state index in [1.807, 2.05) is 0 Å². The molecule has 1 rings (SSSR count). The van der Waals surface area contributed by atoms with Crippen LogP contribution in [0.4, 0.5) is 0 Å². The number of nitrogens with zero attached hydrogens (tertiary/aromatic N) is 1. The van der Waals surface area contributed by atoms with E-state index in [4.69, 9.17) is 15.4 Å². The molecule has 0 spiro atoms. The Morgan fingerprint density at radius 2 is 2.00 bits per heavy atom. The number of hydrogen-bond donors (Lipinski definition) is 6. The van der Waals surface area contributed by atoms with Gasteiger partial charge in [-0.25, -0.2) is 4.79 Å². The highest BCUT2D eigenvalue weighted by Crippen LogP contribution is 2.15. The third-order valence-corrected chi connectivity index (χ3v) is 1.94. The van der Waals surface area contributed by atoms with Crippen molar-refractivity contribution < 1.29 is 25.6 Å². The summed E-state index contributed by atoms with van der Waals surface area (Å²) in [5.41, 5.74) is -1.04. The second kappa shape index (κ2) is 4.45. The van der Waals surface area contributed by atoms with Gasteiger partial charge in [0.1, 0.15) is 18.3 Å². The van der Waals surface area contributed by atoms with E-state index in [1.54, 1.807) is 0 Å². The zero-order valence-electron chi connectivity index (χ0n) is 7.61. The molecule has 0 aliphatic carbocycles. The highest BCUT2D eigenvalue weighted by atomic mass is 16.5. The standard InChI is InChI=1S/C7H12N2O6/c10-2-4(11)6(13)5(12)3-1-9(15)7(14)8-3/h1,4-6,10-13,15H,2H2,(H,8,14). The van der Waals surface area contributed by atoms with E-state index in [-0.39, 0.29) is 10.4 Å². The maximum atomic E-state index is 10.8. The number of rotatable bonds is 4. The average molecular weight is 220 g/mol. The molecule has 6 N–H and O–H groups in total. The first-order valence-corrected chi connectivity index (χ1v) is 4.13. The van der Waals surface area contributed by atoms with Gasteiger partial charge >= 0.3 is 5.69 Å². The van der Waals surface area contributed by atoms with Gasteiger partial charge in [0.25, 0.3) is 0 Å². The molecular weight excluding hydrogens is 208 g/mol. The minimum atomic E-state index is -1.66. The van der Waals surface area contributed by atoms with E-state index < -0.39 is 30.6 Å². The first-order valence-electron chi connectivity index (χ1n) is 4.13. The number of hydrogen-bond acceptors (Lipinski definition) is 6. The van der Waals surface area contributed by atoms with E-state index in [0.717, 1.165) is 6.20 Å². The zero-order valence-corrected chi connectivity index (χ0v) is 7.61. The maximum absolute atomic E-state index is 10.8. The van der Waals surface area contributed by atoms with Gasteiger partial charge in [-0.2, -0.15) is 0 Å². The van der Waals surface area contributed by atoms with E-state index in [1.165, 1.54) is 0 Å². The molecule has 1 aromatic rings. The van der Waals surface area contributed by atoms with E-state index in [0.29, 0.717) is 0 Å². The summed E-state index contributed by atoms with van der Waals surface area (Å²) in [6.45, 7) is -0.734. The van der Waals surface area contributed by atoms with Crippen LogP contribution in [0.1, 0.15) is 11.8 Å². The Labute approximate surface area is 83.6 Å². The van der Waals surface area contributed by atoms with Crippen LogP contribution < -0.4 is 5.69 Å². The summed E-state index contributed by atoms with van der Waals surface area (Å²) in [4.78, 5) is 12.8. The fourth-order valence-electron chi connectivity index (χ4n) is 1.06. The summed E-state index contributed by atoms with van der Waals surface area (Å²) in [6, 6.07) is 0. The lowest BCUT2D eigenvalue weighted by atomic mass is 10.1. The van der Waals surface area contributed by atoms with Crippen LogP contribution in [-0.2, 0) is 0 Å². The topological polar surface area (TPSA) is 139 Å². The second-order valence-electron chi connectivity index (χ2n) is 3.04. The molecule has 8 heteroatoms. The van der Waals surface area contributed by atoms with Gasteiger partial charge in [0, 0.05) is 0 Å². The van der Waals surface area contributed by atoms with Crippen LogP contribution in [-0.4, -0.2) is 54.2 Å². The van der Waals surface area contributed by atoms with Gasteiger partial charge in [0.15, 0.2) is 0 Å². The predicted octanol–water partition coefficient (Wildman–Crippen LogP) is -2.84. The molecular formula is C7H12N2O6. The minimum absolute atomic E-state index is 0.164. The molecule has 1 heterocycles. The van der Waals surface area contributed by atoms with Gasteiger partial charge in [-0.1, -0.05) is 0 Å². The van der Waals surface area contributed by atoms with Crippen molar-refractivity contribution >= 4 is 0 Å². The number of aromatic amines is 1. The maximum Gasteiger partial charge on any atom is 0.358 e. The number of aliphatic hydroxyl groups is 4. The molecule has 0 saturated heterocycles. The molecule has 0 radical (unpaired) electrons. The van der Waals surface area contributed by atoms with Crippen molar-refractivity contribution in [1.29, 1.82) is 0 Å².